The van der Waals surface area contributed by atoms with E-state index in [1.807, 2.05) is 18.2 Å². The van der Waals surface area contributed by atoms with Gasteiger partial charge in [-0.2, -0.15) is 0 Å². The number of amides is 2. The zero-order valence-electron chi connectivity index (χ0n) is 15.9. The number of carbonyl (C=O) groups is 2. The van der Waals surface area contributed by atoms with Gasteiger partial charge in [0.05, 0.1) is 6.61 Å². The van der Waals surface area contributed by atoms with Crippen molar-refractivity contribution in [1.29, 1.82) is 0 Å². The minimum Gasteiger partial charge on any atom is -0.450 e. The highest BCUT2D eigenvalue weighted by molar-refractivity contribution is 5.96. The van der Waals surface area contributed by atoms with Gasteiger partial charge in [0.25, 0.3) is 5.91 Å². The largest absolute Gasteiger partial charge is 0.450 e. The predicted molar refractivity (Wildman–Crippen MR) is 107 cm³/mol. The van der Waals surface area contributed by atoms with E-state index in [2.05, 4.69) is 34.7 Å². The van der Waals surface area contributed by atoms with Crippen LogP contribution in [0.5, 0.6) is 0 Å². The third kappa shape index (κ3) is 7.50. The van der Waals surface area contributed by atoms with Crippen LogP contribution in [-0.4, -0.2) is 43.6 Å². The topological polar surface area (TPSA) is 70.7 Å². The first-order valence-electron chi connectivity index (χ1n) is 9.13. The van der Waals surface area contributed by atoms with Gasteiger partial charge in [0.15, 0.2) is 0 Å². The molecule has 2 rings (SSSR count). The summed E-state index contributed by atoms with van der Waals surface area (Å²) in [5, 5.41) is 5.51. The Morgan fingerprint density at radius 3 is 2.59 bits per heavy atom. The van der Waals surface area contributed by atoms with Gasteiger partial charge in [-0.25, -0.2) is 4.79 Å². The Morgan fingerprint density at radius 2 is 1.85 bits per heavy atom. The number of hydrogen-bond acceptors (Lipinski definition) is 4. The summed E-state index contributed by atoms with van der Waals surface area (Å²) in [7, 11) is 2.07. The van der Waals surface area contributed by atoms with Crippen LogP contribution in [0.25, 0.3) is 0 Å². The standard InChI is InChI=1S/C21H27N3O3/c1-3-27-21(26)23-19-12-7-11-18(15-19)20(25)22-13-8-14-24(2)16-17-9-5-4-6-10-17/h4-7,9-12,15H,3,8,13-14,16H2,1-2H3,(H,22,25)(H,23,26). The highest BCUT2D eigenvalue weighted by Crippen LogP contribution is 2.11. The number of nitrogens with one attached hydrogen (secondary N) is 2. The van der Waals surface area contributed by atoms with Crippen molar-refractivity contribution in [3.05, 3.63) is 65.7 Å². The van der Waals surface area contributed by atoms with E-state index >= 15 is 0 Å². The lowest BCUT2D eigenvalue weighted by Gasteiger charge is -2.16. The minimum absolute atomic E-state index is 0.159. The van der Waals surface area contributed by atoms with E-state index in [4.69, 9.17) is 4.74 Å². The second-order valence-electron chi connectivity index (χ2n) is 6.26. The molecule has 144 valence electrons. The smallest absolute Gasteiger partial charge is 0.411 e. The lowest BCUT2D eigenvalue weighted by molar-refractivity contribution is 0.0951. The highest BCUT2D eigenvalue weighted by Gasteiger charge is 2.08. The summed E-state index contributed by atoms with van der Waals surface area (Å²) in [6, 6.07) is 17.1. The van der Waals surface area contributed by atoms with Crippen molar-refractivity contribution in [3.8, 4) is 0 Å². The molecule has 0 bridgehead atoms. The van der Waals surface area contributed by atoms with Crippen molar-refractivity contribution < 1.29 is 14.3 Å². The number of hydrogen-bond donors (Lipinski definition) is 2. The van der Waals surface area contributed by atoms with E-state index in [1.54, 1.807) is 31.2 Å². The number of anilines is 1. The van der Waals surface area contributed by atoms with Crippen molar-refractivity contribution in [2.45, 2.75) is 19.9 Å². The van der Waals surface area contributed by atoms with Gasteiger partial charge in [-0.15, -0.1) is 0 Å². The summed E-state index contributed by atoms with van der Waals surface area (Å²) in [5.74, 6) is -0.159. The molecule has 0 aliphatic heterocycles. The Kier molecular flexibility index (Phi) is 8.32. The SMILES string of the molecule is CCOC(=O)Nc1cccc(C(=O)NCCCN(C)Cc2ccccc2)c1. The molecule has 6 nitrogen and oxygen atoms in total. The molecule has 2 aromatic rings. The second-order valence-corrected chi connectivity index (χ2v) is 6.26. The van der Waals surface area contributed by atoms with Crippen molar-refractivity contribution in [3.63, 3.8) is 0 Å². The van der Waals surface area contributed by atoms with Gasteiger partial charge in [-0.1, -0.05) is 36.4 Å². The average molecular weight is 369 g/mol. The summed E-state index contributed by atoms with van der Waals surface area (Å²) in [4.78, 5) is 26.0. The quantitative estimate of drug-likeness (QED) is 0.664. The molecule has 0 aliphatic rings. The van der Waals surface area contributed by atoms with E-state index in [-0.39, 0.29) is 5.91 Å². The van der Waals surface area contributed by atoms with Crippen LogP contribution in [0, 0.1) is 0 Å². The van der Waals surface area contributed by atoms with Gasteiger partial charge < -0.3 is 15.0 Å². The molecule has 2 amide bonds. The highest BCUT2D eigenvalue weighted by atomic mass is 16.5. The van der Waals surface area contributed by atoms with Crippen molar-refractivity contribution >= 4 is 17.7 Å². The number of nitrogens with zero attached hydrogens (tertiary/aromatic N) is 1. The summed E-state index contributed by atoms with van der Waals surface area (Å²) in [6.45, 7) is 4.40. The Bertz CT molecular complexity index is 734. The van der Waals surface area contributed by atoms with Crippen molar-refractivity contribution in [2.24, 2.45) is 0 Å². The minimum atomic E-state index is -0.531. The zero-order valence-corrected chi connectivity index (χ0v) is 15.9. The number of benzene rings is 2. The maximum atomic E-state index is 12.3. The van der Waals surface area contributed by atoms with Gasteiger partial charge in [0.2, 0.25) is 0 Å². The summed E-state index contributed by atoms with van der Waals surface area (Å²) in [5.41, 5.74) is 2.31. The molecule has 0 atom stereocenters. The summed E-state index contributed by atoms with van der Waals surface area (Å²) in [6.07, 6.45) is 0.326. The Hall–Kier alpha value is -2.86. The van der Waals surface area contributed by atoms with Gasteiger partial charge >= 0.3 is 6.09 Å². The summed E-state index contributed by atoms with van der Waals surface area (Å²) < 4.78 is 4.84. The number of ether oxygens (including phenoxy) is 1. The maximum absolute atomic E-state index is 12.3. The van der Waals surface area contributed by atoms with Gasteiger partial charge in [-0.3, -0.25) is 10.1 Å². The fourth-order valence-corrected chi connectivity index (χ4v) is 2.65. The number of carbonyl (C=O) groups excluding carboxylic acids is 2. The number of rotatable bonds is 9. The van der Waals surface area contributed by atoms with E-state index < -0.39 is 6.09 Å². The molecule has 6 heteroatoms. The van der Waals surface area contributed by atoms with Crippen LogP contribution in [0.15, 0.2) is 54.6 Å². The molecule has 0 aromatic heterocycles. The fourth-order valence-electron chi connectivity index (χ4n) is 2.65. The molecule has 0 heterocycles. The second kappa shape index (κ2) is 11.0. The average Bonchev–Trinajstić information content (AvgIpc) is 2.66. The van der Waals surface area contributed by atoms with Crippen LogP contribution >= 0.6 is 0 Å². The first-order chi connectivity index (χ1) is 13.1. The molecule has 0 unspecified atom stereocenters. The third-order valence-electron chi connectivity index (χ3n) is 3.94. The Labute approximate surface area is 160 Å². The van der Waals surface area contributed by atoms with Crippen LogP contribution in [0.2, 0.25) is 0 Å². The van der Waals surface area contributed by atoms with E-state index in [1.165, 1.54) is 5.56 Å². The first kappa shape index (κ1) is 20.5. The molecule has 0 saturated heterocycles. The zero-order chi connectivity index (χ0) is 19.5. The van der Waals surface area contributed by atoms with E-state index in [0.29, 0.717) is 24.4 Å². The Balaban J connectivity index is 1.73. The van der Waals surface area contributed by atoms with Crippen LogP contribution in [-0.2, 0) is 11.3 Å². The first-order valence-corrected chi connectivity index (χ1v) is 9.13. The molecular weight excluding hydrogens is 342 g/mol. The fraction of sp³-hybridized carbons (Fsp3) is 0.333. The monoisotopic (exact) mass is 369 g/mol. The normalized spacial score (nSPS) is 10.5. The van der Waals surface area contributed by atoms with Crippen LogP contribution in [0.1, 0.15) is 29.3 Å². The van der Waals surface area contributed by atoms with Gasteiger partial charge in [0, 0.05) is 24.3 Å². The van der Waals surface area contributed by atoms with E-state index in [9.17, 15) is 9.59 Å². The Morgan fingerprint density at radius 1 is 1.07 bits per heavy atom. The molecule has 0 radical (unpaired) electrons. The van der Waals surface area contributed by atoms with Crippen LogP contribution < -0.4 is 10.6 Å². The predicted octanol–water partition coefficient (Wildman–Crippen LogP) is 3.51. The van der Waals surface area contributed by atoms with Crippen molar-refractivity contribution in [1.82, 2.24) is 10.2 Å². The molecule has 0 aliphatic carbocycles. The molecule has 0 saturated carbocycles. The molecule has 27 heavy (non-hydrogen) atoms. The third-order valence-corrected chi connectivity index (χ3v) is 3.94. The molecule has 0 spiro atoms. The van der Waals surface area contributed by atoms with Crippen molar-refractivity contribution in [2.75, 3.05) is 32.1 Å². The molecular formula is C21H27N3O3. The molecule has 0 fully saturated rings. The van der Waals surface area contributed by atoms with Crippen LogP contribution in [0.4, 0.5) is 10.5 Å². The van der Waals surface area contributed by atoms with E-state index in [0.717, 1.165) is 19.5 Å². The van der Waals surface area contributed by atoms with Gasteiger partial charge in [-0.05, 0) is 50.7 Å². The lowest BCUT2D eigenvalue weighted by Crippen LogP contribution is -2.28. The maximum Gasteiger partial charge on any atom is 0.411 e. The molecule has 2 aromatic carbocycles. The molecule has 2 N–H and O–H groups in total. The van der Waals surface area contributed by atoms with Crippen LogP contribution in [0.3, 0.4) is 0 Å². The lowest BCUT2D eigenvalue weighted by atomic mass is 10.2. The summed E-state index contributed by atoms with van der Waals surface area (Å²) >= 11 is 0. The van der Waals surface area contributed by atoms with Gasteiger partial charge in [0.1, 0.15) is 0 Å².